The van der Waals surface area contributed by atoms with Crippen molar-refractivity contribution in [2.24, 2.45) is 0 Å². The van der Waals surface area contributed by atoms with Crippen molar-refractivity contribution < 1.29 is 0 Å². The third-order valence-electron chi connectivity index (χ3n) is 2.63. The van der Waals surface area contributed by atoms with E-state index in [0.29, 0.717) is 5.92 Å². The first-order valence-electron chi connectivity index (χ1n) is 5.39. The van der Waals surface area contributed by atoms with Gasteiger partial charge in [0.15, 0.2) is 0 Å². The van der Waals surface area contributed by atoms with Gasteiger partial charge >= 0.3 is 0 Å². The summed E-state index contributed by atoms with van der Waals surface area (Å²) in [5.41, 5.74) is 2.56. The minimum absolute atomic E-state index is 0.473. The summed E-state index contributed by atoms with van der Waals surface area (Å²) in [4.78, 5) is 0. The number of halogens is 1. The largest absolute Gasteiger partial charge is 0.272 e. The molecule has 16 heavy (non-hydrogen) atoms. The Kier molecular flexibility index (Phi) is 3.78. The van der Waals surface area contributed by atoms with Crippen molar-refractivity contribution >= 4 is 15.9 Å². The van der Waals surface area contributed by atoms with Crippen LogP contribution in [0.2, 0.25) is 0 Å². The van der Waals surface area contributed by atoms with E-state index in [2.05, 4.69) is 58.4 Å². The Bertz CT molecular complexity index is 436. The van der Waals surface area contributed by atoms with Gasteiger partial charge in [-0.25, -0.2) is 0 Å². The fourth-order valence-electron chi connectivity index (χ4n) is 1.76. The van der Waals surface area contributed by atoms with E-state index in [1.807, 2.05) is 16.9 Å². The Morgan fingerprint density at radius 3 is 2.62 bits per heavy atom. The zero-order valence-electron chi connectivity index (χ0n) is 9.31. The fourth-order valence-corrected chi connectivity index (χ4v) is 2.34. The molecule has 84 valence electrons. The van der Waals surface area contributed by atoms with Gasteiger partial charge in [-0.2, -0.15) is 5.10 Å². The lowest BCUT2D eigenvalue weighted by molar-refractivity contribution is 0.549. The van der Waals surface area contributed by atoms with Crippen molar-refractivity contribution in [3.8, 4) is 0 Å². The first kappa shape index (κ1) is 11.4. The maximum Gasteiger partial charge on any atom is 0.0518 e. The van der Waals surface area contributed by atoms with Gasteiger partial charge in [0.1, 0.15) is 0 Å². The van der Waals surface area contributed by atoms with Gasteiger partial charge in [-0.15, -0.1) is 0 Å². The van der Waals surface area contributed by atoms with Crippen molar-refractivity contribution in [1.82, 2.24) is 9.78 Å². The number of alkyl halides is 1. The van der Waals surface area contributed by atoms with Crippen molar-refractivity contribution in [2.45, 2.75) is 19.4 Å². The smallest absolute Gasteiger partial charge is 0.0518 e. The molecule has 0 radical (unpaired) electrons. The van der Waals surface area contributed by atoms with E-state index in [-0.39, 0.29) is 0 Å². The highest BCUT2D eigenvalue weighted by Crippen LogP contribution is 2.19. The first-order valence-corrected chi connectivity index (χ1v) is 6.51. The molecule has 0 aliphatic rings. The average Bonchev–Trinajstić information content (AvgIpc) is 2.73. The van der Waals surface area contributed by atoms with E-state index < -0.39 is 0 Å². The molecular weight excluding hydrogens is 264 g/mol. The van der Waals surface area contributed by atoms with Gasteiger partial charge in [-0.05, 0) is 18.1 Å². The summed E-state index contributed by atoms with van der Waals surface area (Å²) in [5.74, 6) is 0.473. The van der Waals surface area contributed by atoms with Crippen LogP contribution in [-0.2, 0) is 6.54 Å². The summed E-state index contributed by atoms with van der Waals surface area (Å²) in [7, 11) is 0. The van der Waals surface area contributed by atoms with Gasteiger partial charge < -0.3 is 0 Å². The Hall–Kier alpha value is -1.09. The molecule has 1 aromatic heterocycles. The number of rotatable bonds is 4. The second kappa shape index (κ2) is 5.30. The molecule has 0 saturated heterocycles. The first-order chi connectivity index (χ1) is 7.79. The van der Waals surface area contributed by atoms with E-state index in [1.54, 1.807) is 0 Å². The number of aryl methyl sites for hydroxylation is 1. The van der Waals surface area contributed by atoms with Gasteiger partial charge in [-0.3, -0.25) is 4.68 Å². The number of benzene rings is 1. The van der Waals surface area contributed by atoms with Crippen LogP contribution in [0.25, 0.3) is 0 Å². The maximum atomic E-state index is 4.32. The zero-order chi connectivity index (χ0) is 11.4. The van der Waals surface area contributed by atoms with Crippen molar-refractivity contribution in [3.05, 3.63) is 53.9 Å². The lowest BCUT2D eigenvalue weighted by Gasteiger charge is -2.14. The Morgan fingerprint density at radius 2 is 2.06 bits per heavy atom. The number of hydrogen-bond acceptors (Lipinski definition) is 1. The Balaban J connectivity index is 2.12. The third kappa shape index (κ3) is 2.73. The van der Waals surface area contributed by atoms with Crippen LogP contribution in [0, 0.1) is 6.92 Å². The summed E-state index contributed by atoms with van der Waals surface area (Å²) in [6, 6.07) is 10.6. The molecule has 3 heteroatoms. The molecule has 0 spiro atoms. The number of aromatic nitrogens is 2. The van der Waals surface area contributed by atoms with E-state index in [9.17, 15) is 0 Å². The molecule has 1 heterocycles. The van der Waals surface area contributed by atoms with E-state index >= 15 is 0 Å². The number of nitrogens with zero attached hydrogens (tertiary/aromatic N) is 2. The van der Waals surface area contributed by atoms with Crippen molar-refractivity contribution in [2.75, 3.05) is 5.33 Å². The van der Waals surface area contributed by atoms with Crippen molar-refractivity contribution in [3.63, 3.8) is 0 Å². The molecule has 2 nitrogen and oxygen atoms in total. The molecule has 1 atom stereocenters. The van der Waals surface area contributed by atoms with Crippen LogP contribution in [0.4, 0.5) is 0 Å². The minimum atomic E-state index is 0.473. The van der Waals surface area contributed by atoms with Crippen LogP contribution >= 0.6 is 15.9 Å². The molecule has 2 rings (SSSR count). The molecule has 0 aliphatic heterocycles. The highest BCUT2D eigenvalue weighted by Gasteiger charge is 2.10. The predicted octanol–water partition coefficient (Wildman–Crippen LogP) is 3.37. The summed E-state index contributed by atoms with van der Waals surface area (Å²) >= 11 is 3.58. The van der Waals surface area contributed by atoms with Crippen LogP contribution in [0.5, 0.6) is 0 Å². The molecular formula is C13H15BrN2. The average molecular weight is 279 g/mol. The van der Waals surface area contributed by atoms with Crippen LogP contribution in [0.15, 0.2) is 42.7 Å². The topological polar surface area (TPSA) is 17.8 Å². The molecule has 0 fully saturated rings. The minimum Gasteiger partial charge on any atom is -0.272 e. The second-order valence-electron chi connectivity index (χ2n) is 4.00. The lowest BCUT2D eigenvalue weighted by Crippen LogP contribution is -2.10. The molecule has 0 bridgehead atoms. The van der Waals surface area contributed by atoms with Crippen LogP contribution in [-0.4, -0.2) is 15.1 Å². The van der Waals surface area contributed by atoms with Crippen LogP contribution in [0.3, 0.4) is 0 Å². The second-order valence-corrected chi connectivity index (χ2v) is 4.65. The zero-order valence-corrected chi connectivity index (χ0v) is 10.9. The molecule has 0 amide bonds. The molecule has 0 aliphatic carbocycles. The summed E-state index contributed by atoms with van der Waals surface area (Å²) in [5, 5.41) is 5.28. The normalized spacial score (nSPS) is 12.6. The summed E-state index contributed by atoms with van der Waals surface area (Å²) < 4.78 is 2.01. The van der Waals surface area contributed by atoms with Crippen LogP contribution in [0.1, 0.15) is 17.0 Å². The van der Waals surface area contributed by atoms with E-state index in [0.717, 1.165) is 11.9 Å². The maximum absolute atomic E-state index is 4.32. The van der Waals surface area contributed by atoms with E-state index in [4.69, 9.17) is 0 Å². The monoisotopic (exact) mass is 278 g/mol. The molecule has 1 unspecified atom stereocenters. The predicted molar refractivity (Wildman–Crippen MR) is 69.9 cm³/mol. The molecule has 0 N–H and O–H groups in total. The molecule has 1 aromatic carbocycles. The fraction of sp³-hybridized carbons (Fsp3) is 0.308. The molecule has 2 aromatic rings. The third-order valence-corrected chi connectivity index (χ3v) is 3.41. The van der Waals surface area contributed by atoms with Crippen LogP contribution < -0.4 is 0 Å². The quantitative estimate of drug-likeness (QED) is 0.785. The highest BCUT2D eigenvalue weighted by atomic mass is 79.9. The summed E-state index contributed by atoms with van der Waals surface area (Å²) in [6.45, 7) is 2.98. The SMILES string of the molecule is Cc1cnn(CC(CBr)c2ccccc2)c1. The van der Waals surface area contributed by atoms with Gasteiger partial charge in [0.25, 0.3) is 0 Å². The highest BCUT2D eigenvalue weighted by molar-refractivity contribution is 9.09. The van der Waals surface area contributed by atoms with Gasteiger partial charge in [-0.1, -0.05) is 46.3 Å². The van der Waals surface area contributed by atoms with Crippen molar-refractivity contribution in [1.29, 1.82) is 0 Å². The number of hydrogen-bond donors (Lipinski definition) is 0. The van der Waals surface area contributed by atoms with Gasteiger partial charge in [0.2, 0.25) is 0 Å². The Labute approximate surface area is 104 Å². The van der Waals surface area contributed by atoms with Gasteiger partial charge in [0.05, 0.1) is 6.20 Å². The lowest BCUT2D eigenvalue weighted by atomic mass is 10.0. The molecule has 0 saturated carbocycles. The Morgan fingerprint density at radius 1 is 1.31 bits per heavy atom. The standard InChI is InChI=1S/C13H15BrN2/c1-11-8-15-16(9-11)10-13(7-14)12-5-3-2-4-6-12/h2-6,8-9,13H,7,10H2,1H3. The summed E-state index contributed by atoms with van der Waals surface area (Å²) in [6.07, 6.45) is 3.98. The van der Waals surface area contributed by atoms with Gasteiger partial charge in [0, 0.05) is 24.0 Å². The van der Waals surface area contributed by atoms with E-state index in [1.165, 1.54) is 11.1 Å².